The number of carbonyl (C=O) groups is 1. The van der Waals surface area contributed by atoms with E-state index in [1.165, 1.54) is 15.6 Å². The molecule has 2 heterocycles. The molecule has 1 unspecified atom stereocenters. The van der Waals surface area contributed by atoms with Gasteiger partial charge < -0.3 is 5.11 Å². The molecule has 0 aliphatic heterocycles. The Bertz CT molecular complexity index is 1250. The molecule has 1 atom stereocenters. The van der Waals surface area contributed by atoms with Crippen LogP contribution in [0.25, 0.3) is 21.1 Å². The number of benzene rings is 2. The molecule has 29 heavy (non-hydrogen) atoms. The Balaban J connectivity index is 1.88. The lowest BCUT2D eigenvalue weighted by Gasteiger charge is -2.16. The summed E-state index contributed by atoms with van der Waals surface area (Å²) in [6, 6.07) is 13.6. The summed E-state index contributed by atoms with van der Waals surface area (Å²) < 4.78 is 4.69. The van der Waals surface area contributed by atoms with Gasteiger partial charge >= 0.3 is 11.7 Å². The number of hydrogen-bond acceptors (Lipinski definition) is 3. The standard InChI is InChI=1S/C23H24N2O3S/c1-3-7-17(12-21(26)27)25-19-10-5-4-9-18(19)24(23(25)28)13-16-14-29-20-11-6-8-15(2)22(16)20/h4-6,8-11,14,17H,3,7,12-13H2,1-2H3,(H,26,27). The monoisotopic (exact) mass is 408 g/mol. The van der Waals surface area contributed by atoms with Crippen molar-refractivity contribution in [3.8, 4) is 0 Å². The summed E-state index contributed by atoms with van der Waals surface area (Å²) in [4.78, 5) is 24.9. The van der Waals surface area contributed by atoms with Crippen molar-refractivity contribution in [1.29, 1.82) is 0 Å². The topological polar surface area (TPSA) is 64.2 Å². The summed E-state index contributed by atoms with van der Waals surface area (Å²) in [6.45, 7) is 4.58. The van der Waals surface area contributed by atoms with Gasteiger partial charge in [-0.3, -0.25) is 13.9 Å². The number of aromatic nitrogens is 2. The second-order valence-electron chi connectivity index (χ2n) is 7.48. The summed E-state index contributed by atoms with van der Waals surface area (Å²) in [5, 5.41) is 12.7. The van der Waals surface area contributed by atoms with Gasteiger partial charge in [-0.1, -0.05) is 37.6 Å². The van der Waals surface area contributed by atoms with E-state index in [-0.39, 0.29) is 18.2 Å². The highest BCUT2D eigenvalue weighted by molar-refractivity contribution is 7.17. The van der Waals surface area contributed by atoms with E-state index in [4.69, 9.17) is 0 Å². The molecule has 0 fully saturated rings. The van der Waals surface area contributed by atoms with Crippen LogP contribution in [-0.2, 0) is 11.3 Å². The second kappa shape index (κ2) is 7.87. The lowest BCUT2D eigenvalue weighted by molar-refractivity contribution is -0.137. The van der Waals surface area contributed by atoms with E-state index in [1.54, 1.807) is 20.5 Å². The van der Waals surface area contributed by atoms with Crippen LogP contribution < -0.4 is 5.69 Å². The quantitative estimate of drug-likeness (QED) is 0.458. The van der Waals surface area contributed by atoms with Crippen LogP contribution in [0.3, 0.4) is 0 Å². The maximum Gasteiger partial charge on any atom is 0.329 e. The highest BCUT2D eigenvalue weighted by Gasteiger charge is 2.22. The predicted molar refractivity (Wildman–Crippen MR) is 118 cm³/mol. The van der Waals surface area contributed by atoms with Gasteiger partial charge in [0.25, 0.3) is 0 Å². The number of carboxylic acid groups (broad SMARTS) is 1. The highest BCUT2D eigenvalue weighted by Crippen LogP contribution is 2.30. The number of aryl methyl sites for hydroxylation is 1. The van der Waals surface area contributed by atoms with Crippen LogP contribution in [0.5, 0.6) is 0 Å². The fourth-order valence-corrected chi connectivity index (χ4v) is 5.25. The molecule has 5 nitrogen and oxygen atoms in total. The fraction of sp³-hybridized carbons (Fsp3) is 0.304. The third kappa shape index (κ3) is 3.49. The van der Waals surface area contributed by atoms with Crippen LogP contribution in [0.4, 0.5) is 0 Å². The van der Waals surface area contributed by atoms with Crippen molar-refractivity contribution in [3.63, 3.8) is 0 Å². The van der Waals surface area contributed by atoms with Crippen LogP contribution in [0.1, 0.15) is 43.4 Å². The Hall–Kier alpha value is -2.86. The molecule has 0 saturated carbocycles. The minimum Gasteiger partial charge on any atom is -0.481 e. The van der Waals surface area contributed by atoms with Crippen molar-refractivity contribution in [2.75, 3.05) is 0 Å². The Morgan fingerprint density at radius 3 is 2.62 bits per heavy atom. The molecule has 4 aromatic rings. The van der Waals surface area contributed by atoms with Crippen molar-refractivity contribution in [3.05, 3.63) is 69.5 Å². The molecule has 0 saturated heterocycles. The number of hydrogen-bond donors (Lipinski definition) is 1. The third-order valence-corrected chi connectivity index (χ3v) is 6.48. The molecule has 4 rings (SSSR count). The average molecular weight is 409 g/mol. The van der Waals surface area contributed by atoms with E-state index < -0.39 is 5.97 Å². The van der Waals surface area contributed by atoms with Crippen molar-refractivity contribution in [1.82, 2.24) is 9.13 Å². The van der Waals surface area contributed by atoms with Gasteiger partial charge in [0.05, 0.1) is 24.0 Å². The predicted octanol–water partition coefficient (Wildman–Crippen LogP) is 5.19. The molecule has 1 N–H and O–H groups in total. The van der Waals surface area contributed by atoms with Gasteiger partial charge in [0.15, 0.2) is 0 Å². The van der Waals surface area contributed by atoms with E-state index in [0.717, 1.165) is 23.0 Å². The molecule has 0 aliphatic rings. The van der Waals surface area contributed by atoms with Crippen LogP contribution in [0.2, 0.25) is 0 Å². The number of imidazole rings is 1. The van der Waals surface area contributed by atoms with Gasteiger partial charge in [0.2, 0.25) is 0 Å². The molecule has 0 bridgehead atoms. The molecule has 0 radical (unpaired) electrons. The Morgan fingerprint density at radius 2 is 1.90 bits per heavy atom. The summed E-state index contributed by atoms with van der Waals surface area (Å²) >= 11 is 1.69. The Morgan fingerprint density at radius 1 is 1.14 bits per heavy atom. The van der Waals surface area contributed by atoms with E-state index >= 15 is 0 Å². The smallest absolute Gasteiger partial charge is 0.329 e. The normalized spacial score (nSPS) is 12.6. The van der Waals surface area contributed by atoms with Crippen molar-refractivity contribution >= 4 is 38.4 Å². The van der Waals surface area contributed by atoms with Gasteiger partial charge in [-0.25, -0.2) is 4.79 Å². The molecular formula is C23H24N2O3S. The first-order valence-electron chi connectivity index (χ1n) is 9.88. The van der Waals surface area contributed by atoms with Crippen LogP contribution in [-0.4, -0.2) is 20.2 Å². The first kappa shape index (κ1) is 19.5. The maximum atomic E-state index is 13.5. The maximum absolute atomic E-state index is 13.5. The SMILES string of the molecule is CCCC(CC(=O)O)n1c(=O)n(Cc2csc3cccc(C)c23)c2ccccc21. The summed E-state index contributed by atoms with van der Waals surface area (Å²) in [6.07, 6.45) is 1.42. The fourth-order valence-electron chi connectivity index (χ4n) is 4.23. The van der Waals surface area contributed by atoms with Crippen LogP contribution in [0, 0.1) is 6.92 Å². The average Bonchev–Trinajstić information content (AvgIpc) is 3.22. The number of thiophene rings is 1. The zero-order valence-electron chi connectivity index (χ0n) is 16.6. The molecule has 2 aromatic carbocycles. The number of fused-ring (bicyclic) bond motifs is 2. The summed E-state index contributed by atoms with van der Waals surface area (Å²) in [7, 11) is 0. The van der Waals surface area contributed by atoms with E-state index in [9.17, 15) is 14.7 Å². The summed E-state index contributed by atoms with van der Waals surface area (Å²) in [5.74, 6) is -0.883. The first-order valence-corrected chi connectivity index (χ1v) is 10.8. The number of carboxylic acids is 1. The largest absolute Gasteiger partial charge is 0.481 e. The molecule has 2 aromatic heterocycles. The van der Waals surface area contributed by atoms with E-state index in [0.29, 0.717) is 13.0 Å². The van der Waals surface area contributed by atoms with Crippen LogP contribution in [0.15, 0.2) is 52.6 Å². The minimum atomic E-state index is -0.883. The molecular weight excluding hydrogens is 384 g/mol. The Kier molecular flexibility index (Phi) is 5.28. The number of rotatable bonds is 7. The number of aliphatic carboxylic acids is 1. The lowest BCUT2D eigenvalue weighted by atomic mass is 10.1. The minimum absolute atomic E-state index is 0.0533. The molecule has 0 amide bonds. The van der Waals surface area contributed by atoms with Crippen molar-refractivity contribution < 1.29 is 9.90 Å². The molecule has 0 aliphatic carbocycles. The zero-order valence-corrected chi connectivity index (χ0v) is 17.4. The van der Waals surface area contributed by atoms with Gasteiger partial charge in [-0.15, -0.1) is 11.3 Å². The number of para-hydroxylation sites is 2. The number of nitrogens with zero attached hydrogens (tertiary/aromatic N) is 2. The third-order valence-electron chi connectivity index (χ3n) is 5.48. The molecule has 0 spiro atoms. The van der Waals surface area contributed by atoms with Crippen molar-refractivity contribution in [2.45, 2.75) is 45.7 Å². The Labute approximate surface area is 172 Å². The van der Waals surface area contributed by atoms with E-state index in [2.05, 4.69) is 30.5 Å². The van der Waals surface area contributed by atoms with Gasteiger partial charge in [0.1, 0.15) is 0 Å². The lowest BCUT2D eigenvalue weighted by Crippen LogP contribution is -2.29. The van der Waals surface area contributed by atoms with Gasteiger partial charge in [-0.05, 0) is 48.1 Å². The van der Waals surface area contributed by atoms with Gasteiger partial charge in [-0.2, -0.15) is 0 Å². The van der Waals surface area contributed by atoms with Crippen molar-refractivity contribution in [2.24, 2.45) is 0 Å². The zero-order chi connectivity index (χ0) is 20.5. The van der Waals surface area contributed by atoms with Gasteiger partial charge in [0, 0.05) is 16.1 Å². The molecule has 6 heteroatoms. The first-order chi connectivity index (χ1) is 14.0. The molecule has 150 valence electrons. The summed E-state index contributed by atoms with van der Waals surface area (Å²) in [5.41, 5.74) is 3.83. The second-order valence-corrected chi connectivity index (χ2v) is 8.39. The highest BCUT2D eigenvalue weighted by atomic mass is 32.1. The van der Waals surface area contributed by atoms with Crippen LogP contribution >= 0.6 is 11.3 Å². The van der Waals surface area contributed by atoms with E-state index in [1.807, 2.05) is 31.2 Å².